The minimum atomic E-state index is 0.202. The van der Waals surface area contributed by atoms with E-state index in [0.29, 0.717) is 19.0 Å². The number of carbonyl (C=O) groups is 1. The molecule has 2 N–H and O–H groups in total. The van der Waals surface area contributed by atoms with Gasteiger partial charge in [-0.15, -0.1) is 11.3 Å². The molecule has 2 heterocycles. The molecule has 4 heteroatoms. The van der Waals surface area contributed by atoms with E-state index < -0.39 is 0 Å². The lowest BCUT2D eigenvalue weighted by Gasteiger charge is -2.23. The molecule has 0 radical (unpaired) electrons. The van der Waals surface area contributed by atoms with Gasteiger partial charge in [0.15, 0.2) is 0 Å². The maximum Gasteiger partial charge on any atom is 0.224 e. The van der Waals surface area contributed by atoms with Crippen LogP contribution in [0.3, 0.4) is 0 Å². The number of likely N-dealkylation sites (tertiary alicyclic amines) is 1. The molecular formula is C11H16N2OS. The first-order valence-electron chi connectivity index (χ1n) is 5.36. The van der Waals surface area contributed by atoms with Crippen molar-refractivity contribution in [3.05, 3.63) is 22.4 Å². The lowest BCUT2D eigenvalue weighted by molar-refractivity contribution is -0.131. The zero-order valence-electron chi connectivity index (χ0n) is 8.69. The minimum absolute atomic E-state index is 0.202. The van der Waals surface area contributed by atoms with Gasteiger partial charge in [0.05, 0.1) is 6.04 Å². The molecule has 82 valence electrons. The molecule has 0 aromatic carbocycles. The van der Waals surface area contributed by atoms with Crippen molar-refractivity contribution in [2.75, 3.05) is 13.1 Å². The van der Waals surface area contributed by atoms with Crippen LogP contribution in [0.4, 0.5) is 0 Å². The van der Waals surface area contributed by atoms with Crippen LogP contribution < -0.4 is 5.73 Å². The van der Waals surface area contributed by atoms with Gasteiger partial charge in [-0.2, -0.15) is 0 Å². The molecule has 0 bridgehead atoms. The zero-order valence-corrected chi connectivity index (χ0v) is 9.50. The summed E-state index contributed by atoms with van der Waals surface area (Å²) in [6.45, 7) is 1.34. The van der Waals surface area contributed by atoms with Crippen LogP contribution in [0.5, 0.6) is 0 Å². The fraction of sp³-hybridized carbons (Fsp3) is 0.545. The summed E-state index contributed by atoms with van der Waals surface area (Å²) in [5.74, 6) is 0.202. The summed E-state index contributed by atoms with van der Waals surface area (Å²) in [4.78, 5) is 15.1. The fourth-order valence-electron chi connectivity index (χ4n) is 2.11. The van der Waals surface area contributed by atoms with E-state index in [4.69, 9.17) is 5.73 Å². The van der Waals surface area contributed by atoms with Crippen LogP contribution in [0.15, 0.2) is 17.5 Å². The second-order valence-corrected chi connectivity index (χ2v) is 4.78. The predicted molar refractivity (Wildman–Crippen MR) is 61.7 cm³/mol. The van der Waals surface area contributed by atoms with Gasteiger partial charge in [-0.3, -0.25) is 4.79 Å². The van der Waals surface area contributed by atoms with Crippen molar-refractivity contribution in [2.45, 2.75) is 25.3 Å². The van der Waals surface area contributed by atoms with Crippen LogP contribution in [-0.2, 0) is 4.79 Å². The van der Waals surface area contributed by atoms with Crippen molar-refractivity contribution in [1.82, 2.24) is 4.90 Å². The molecule has 3 nitrogen and oxygen atoms in total. The second-order valence-electron chi connectivity index (χ2n) is 3.80. The fourth-order valence-corrected chi connectivity index (χ4v) is 2.98. The van der Waals surface area contributed by atoms with E-state index in [0.717, 1.165) is 19.4 Å². The molecule has 1 amide bonds. The lowest BCUT2D eigenvalue weighted by atomic mass is 10.2. The number of nitrogens with two attached hydrogens (primary N) is 1. The average molecular weight is 224 g/mol. The molecule has 1 saturated heterocycles. The van der Waals surface area contributed by atoms with Crippen LogP contribution in [0.25, 0.3) is 0 Å². The van der Waals surface area contributed by atoms with Crippen molar-refractivity contribution in [1.29, 1.82) is 0 Å². The van der Waals surface area contributed by atoms with Gasteiger partial charge in [0, 0.05) is 24.4 Å². The van der Waals surface area contributed by atoms with Gasteiger partial charge >= 0.3 is 0 Å². The van der Waals surface area contributed by atoms with Crippen molar-refractivity contribution in [3.8, 4) is 0 Å². The molecule has 1 aromatic heterocycles. The van der Waals surface area contributed by atoms with E-state index in [1.807, 2.05) is 11.0 Å². The van der Waals surface area contributed by atoms with E-state index >= 15 is 0 Å². The Morgan fingerprint density at radius 2 is 2.53 bits per heavy atom. The van der Waals surface area contributed by atoms with Gasteiger partial charge in [0.1, 0.15) is 0 Å². The number of carbonyl (C=O) groups excluding carboxylic acids is 1. The van der Waals surface area contributed by atoms with Crippen molar-refractivity contribution in [3.63, 3.8) is 0 Å². The highest BCUT2D eigenvalue weighted by Gasteiger charge is 2.29. The third-order valence-electron chi connectivity index (χ3n) is 2.80. The molecule has 0 saturated carbocycles. The molecular weight excluding hydrogens is 208 g/mol. The Morgan fingerprint density at radius 1 is 1.67 bits per heavy atom. The summed E-state index contributed by atoms with van der Waals surface area (Å²) >= 11 is 1.73. The number of amides is 1. The van der Waals surface area contributed by atoms with E-state index in [-0.39, 0.29) is 5.91 Å². The number of rotatable bonds is 3. The number of thiophene rings is 1. The first-order chi connectivity index (χ1) is 7.33. The molecule has 1 aromatic rings. The molecule has 2 rings (SSSR count). The van der Waals surface area contributed by atoms with Crippen LogP contribution in [0.2, 0.25) is 0 Å². The first kappa shape index (κ1) is 10.6. The first-order valence-corrected chi connectivity index (χ1v) is 6.24. The molecule has 1 aliphatic rings. The highest BCUT2D eigenvalue weighted by molar-refractivity contribution is 7.10. The molecule has 0 spiro atoms. The molecule has 1 aliphatic heterocycles. The maximum absolute atomic E-state index is 11.8. The molecule has 1 fully saturated rings. The van der Waals surface area contributed by atoms with Gasteiger partial charge in [0.2, 0.25) is 5.91 Å². The van der Waals surface area contributed by atoms with Crippen molar-refractivity contribution < 1.29 is 4.79 Å². The lowest BCUT2D eigenvalue weighted by Crippen LogP contribution is -2.31. The number of nitrogens with zero attached hydrogens (tertiary/aromatic N) is 1. The Bertz CT molecular complexity index is 323. The average Bonchev–Trinajstić information content (AvgIpc) is 2.88. The summed E-state index contributed by atoms with van der Waals surface area (Å²) < 4.78 is 0. The van der Waals surface area contributed by atoms with Gasteiger partial charge in [-0.25, -0.2) is 0 Å². The SMILES string of the molecule is NCCC(=O)N1CCCC1c1cccs1. The molecule has 0 aliphatic carbocycles. The van der Waals surface area contributed by atoms with Crippen molar-refractivity contribution in [2.24, 2.45) is 5.73 Å². The molecule has 1 unspecified atom stereocenters. The van der Waals surface area contributed by atoms with Crippen LogP contribution in [0.1, 0.15) is 30.2 Å². The summed E-state index contributed by atoms with van der Waals surface area (Å²) in [7, 11) is 0. The summed E-state index contributed by atoms with van der Waals surface area (Å²) in [5, 5.41) is 2.07. The zero-order chi connectivity index (χ0) is 10.7. The van der Waals surface area contributed by atoms with E-state index in [1.54, 1.807) is 11.3 Å². The van der Waals surface area contributed by atoms with E-state index in [2.05, 4.69) is 11.4 Å². The third-order valence-corrected chi connectivity index (χ3v) is 3.78. The minimum Gasteiger partial charge on any atom is -0.335 e. The highest BCUT2D eigenvalue weighted by atomic mass is 32.1. The summed E-state index contributed by atoms with van der Waals surface area (Å²) in [6, 6.07) is 4.47. The molecule has 1 atom stereocenters. The topological polar surface area (TPSA) is 46.3 Å². The van der Waals surface area contributed by atoms with Crippen molar-refractivity contribution >= 4 is 17.2 Å². The van der Waals surface area contributed by atoms with Gasteiger partial charge in [-0.1, -0.05) is 6.07 Å². The Balaban J connectivity index is 2.08. The third kappa shape index (κ3) is 2.21. The normalized spacial score (nSPS) is 20.9. The van der Waals surface area contributed by atoms with Gasteiger partial charge in [0.25, 0.3) is 0 Å². The van der Waals surface area contributed by atoms with E-state index in [1.165, 1.54) is 4.88 Å². The maximum atomic E-state index is 11.8. The highest BCUT2D eigenvalue weighted by Crippen LogP contribution is 2.34. The number of hydrogen-bond donors (Lipinski definition) is 1. The Kier molecular flexibility index (Phi) is 3.38. The summed E-state index contributed by atoms with van der Waals surface area (Å²) in [6.07, 6.45) is 2.68. The smallest absolute Gasteiger partial charge is 0.224 e. The van der Waals surface area contributed by atoms with Gasteiger partial charge < -0.3 is 10.6 Å². The Labute approximate surface area is 93.9 Å². The largest absolute Gasteiger partial charge is 0.335 e. The van der Waals surface area contributed by atoms with Crippen LogP contribution >= 0.6 is 11.3 Å². The quantitative estimate of drug-likeness (QED) is 0.850. The number of hydrogen-bond acceptors (Lipinski definition) is 3. The van der Waals surface area contributed by atoms with Gasteiger partial charge in [-0.05, 0) is 24.3 Å². The van der Waals surface area contributed by atoms with Crippen LogP contribution in [-0.4, -0.2) is 23.9 Å². The summed E-state index contributed by atoms with van der Waals surface area (Å²) in [5.41, 5.74) is 5.42. The second kappa shape index (κ2) is 4.77. The Hall–Kier alpha value is -0.870. The standard InChI is InChI=1S/C11H16N2OS/c12-6-5-11(14)13-7-1-3-9(13)10-4-2-8-15-10/h2,4,8-9H,1,3,5-7,12H2. The monoisotopic (exact) mass is 224 g/mol. The Morgan fingerprint density at radius 3 is 3.20 bits per heavy atom. The predicted octanol–water partition coefficient (Wildman–Crippen LogP) is 1.76. The molecule has 15 heavy (non-hydrogen) atoms. The van der Waals surface area contributed by atoms with Crippen LogP contribution in [0, 0.1) is 0 Å². The van der Waals surface area contributed by atoms with E-state index in [9.17, 15) is 4.79 Å².